The van der Waals surface area contributed by atoms with Crippen molar-refractivity contribution in [2.24, 2.45) is 0 Å². The zero-order valence-corrected chi connectivity index (χ0v) is 14.7. The number of nitrogens with zero attached hydrogens (tertiary/aromatic N) is 2. The first-order chi connectivity index (χ1) is 11.7. The molecule has 0 N–H and O–H groups in total. The average molecular weight is 387 g/mol. The summed E-state index contributed by atoms with van der Waals surface area (Å²) in [6.45, 7) is 2.57. The van der Waals surface area contributed by atoms with Gasteiger partial charge in [0.25, 0.3) is 0 Å². The monoisotopic (exact) mass is 386 g/mol. The van der Waals surface area contributed by atoms with Gasteiger partial charge in [0.05, 0.1) is 22.5 Å². The number of benzene rings is 1. The number of carbonyl (C=O) groups is 2. The molecule has 10 heteroatoms. The SMILES string of the molecule is CCS(=O)(=O)c1ncc(Cl)c(C(=O)Oc2ccc(F)cc2C(C)=O)n1. The lowest BCUT2D eigenvalue weighted by molar-refractivity contribution is 0.0725. The summed E-state index contributed by atoms with van der Waals surface area (Å²) in [6, 6.07) is 3.02. The molecule has 0 aliphatic heterocycles. The molecular weight excluding hydrogens is 375 g/mol. The minimum absolute atomic E-state index is 0.153. The molecule has 1 aromatic heterocycles. The van der Waals surface area contributed by atoms with Gasteiger partial charge in [-0.15, -0.1) is 0 Å². The molecule has 0 unspecified atom stereocenters. The zero-order valence-electron chi connectivity index (χ0n) is 13.1. The van der Waals surface area contributed by atoms with Crippen LogP contribution >= 0.6 is 11.6 Å². The molecule has 2 aromatic rings. The number of ether oxygens (including phenoxy) is 1. The number of rotatable bonds is 5. The number of halogens is 2. The number of esters is 1. The fourth-order valence-corrected chi connectivity index (χ4v) is 2.66. The maximum Gasteiger partial charge on any atom is 0.364 e. The normalized spacial score (nSPS) is 11.2. The summed E-state index contributed by atoms with van der Waals surface area (Å²) in [5.74, 6) is -2.77. The summed E-state index contributed by atoms with van der Waals surface area (Å²) >= 11 is 5.83. The molecule has 0 radical (unpaired) electrons. The lowest BCUT2D eigenvalue weighted by Gasteiger charge is -2.09. The minimum Gasteiger partial charge on any atom is -0.421 e. The van der Waals surface area contributed by atoms with Gasteiger partial charge in [-0.1, -0.05) is 18.5 Å². The zero-order chi connectivity index (χ0) is 18.8. The van der Waals surface area contributed by atoms with Crippen LogP contribution in [0.2, 0.25) is 5.02 Å². The Morgan fingerprint density at radius 1 is 1.32 bits per heavy atom. The van der Waals surface area contributed by atoms with Crippen molar-refractivity contribution in [2.75, 3.05) is 5.75 Å². The van der Waals surface area contributed by atoms with Crippen LogP contribution in [-0.4, -0.2) is 35.9 Å². The fourth-order valence-electron chi connectivity index (χ4n) is 1.79. The summed E-state index contributed by atoms with van der Waals surface area (Å²) in [7, 11) is -3.76. The number of carbonyl (C=O) groups excluding carboxylic acids is 2. The van der Waals surface area contributed by atoms with Crippen LogP contribution in [0.4, 0.5) is 4.39 Å². The largest absolute Gasteiger partial charge is 0.421 e. The summed E-state index contributed by atoms with van der Waals surface area (Å²) in [6.07, 6.45) is 0.963. The van der Waals surface area contributed by atoms with Gasteiger partial charge in [0.2, 0.25) is 15.0 Å². The molecule has 0 atom stereocenters. The van der Waals surface area contributed by atoms with Gasteiger partial charge < -0.3 is 4.74 Å². The lowest BCUT2D eigenvalue weighted by Crippen LogP contribution is -2.17. The van der Waals surface area contributed by atoms with E-state index in [-0.39, 0.29) is 22.1 Å². The third-order valence-corrected chi connectivity index (χ3v) is 4.89. The Morgan fingerprint density at radius 3 is 2.60 bits per heavy atom. The van der Waals surface area contributed by atoms with Crippen LogP contribution in [0.3, 0.4) is 0 Å². The van der Waals surface area contributed by atoms with E-state index in [1.54, 1.807) is 0 Å². The Hall–Kier alpha value is -2.39. The highest BCUT2D eigenvalue weighted by molar-refractivity contribution is 7.91. The van der Waals surface area contributed by atoms with Crippen molar-refractivity contribution in [2.45, 2.75) is 19.0 Å². The number of hydrogen-bond donors (Lipinski definition) is 0. The quantitative estimate of drug-likeness (QED) is 0.336. The highest BCUT2D eigenvalue weighted by Crippen LogP contribution is 2.23. The van der Waals surface area contributed by atoms with E-state index in [1.165, 1.54) is 13.8 Å². The standard InChI is InChI=1S/C15H12ClFN2O5S/c1-3-25(22,23)15-18-7-11(16)13(19-15)14(21)24-12-5-4-9(17)6-10(12)8(2)20/h4-7H,3H2,1-2H3. The van der Waals surface area contributed by atoms with Gasteiger partial charge in [0.15, 0.2) is 11.5 Å². The van der Waals surface area contributed by atoms with Gasteiger partial charge in [-0.05, 0) is 25.1 Å². The van der Waals surface area contributed by atoms with Crippen LogP contribution in [0, 0.1) is 5.82 Å². The topological polar surface area (TPSA) is 103 Å². The van der Waals surface area contributed by atoms with Crippen molar-refractivity contribution in [1.82, 2.24) is 9.97 Å². The summed E-state index contributed by atoms with van der Waals surface area (Å²) in [4.78, 5) is 31.0. The molecule has 1 heterocycles. The van der Waals surface area contributed by atoms with Crippen LogP contribution in [0.15, 0.2) is 29.6 Å². The van der Waals surface area contributed by atoms with E-state index in [1.807, 2.05) is 0 Å². The first-order valence-corrected chi connectivity index (χ1v) is 8.96. The number of aromatic nitrogens is 2. The van der Waals surface area contributed by atoms with Crippen molar-refractivity contribution in [3.05, 3.63) is 46.5 Å². The second-order valence-corrected chi connectivity index (χ2v) is 7.42. The number of Topliss-reactive ketones (excluding diaryl/α,β-unsaturated/α-hetero) is 1. The second-order valence-electron chi connectivity index (χ2n) is 4.84. The predicted octanol–water partition coefficient (Wildman–Crippen LogP) is 2.48. The molecule has 7 nitrogen and oxygen atoms in total. The first kappa shape index (κ1) is 18.9. The van der Waals surface area contributed by atoms with Crippen molar-refractivity contribution in [1.29, 1.82) is 0 Å². The number of hydrogen-bond acceptors (Lipinski definition) is 7. The van der Waals surface area contributed by atoms with Crippen molar-refractivity contribution in [3.63, 3.8) is 0 Å². The van der Waals surface area contributed by atoms with E-state index in [0.717, 1.165) is 24.4 Å². The number of sulfone groups is 1. The second kappa shape index (κ2) is 7.24. The fraction of sp³-hybridized carbons (Fsp3) is 0.200. The molecule has 2 rings (SSSR count). The summed E-state index contributed by atoms with van der Waals surface area (Å²) in [5, 5.41) is -0.802. The highest BCUT2D eigenvalue weighted by atomic mass is 35.5. The van der Waals surface area contributed by atoms with Crippen molar-refractivity contribution >= 4 is 33.2 Å². The molecule has 0 aliphatic carbocycles. The Kier molecular flexibility index (Phi) is 5.48. The Morgan fingerprint density at radius 2 is 2.00 bits per heavy atom. The van der Waals surface area contributed by atoms with Crippen LogP contribution in [0.5, 0.6) is 5.75 Å². The summed E-state index contributed by atoms with van der Waals surface area (Å²) < 4.78 is 41.9. The molecule has 0 aliphatic rings. The highest BCUT2D eigenvalue weighted by Gasteiger charge is 2.23. The smallest absolute Gasteiger partial charge is 0.364 e. The van der Waals surface area contributed by atoms with Crippen molar-refractivity contribution in [3.8, 4) is 5.75 Å². The Labute approximate surface area is 147 Å². The maximum absolute atomic E-state index is 13.3. The van der Waals surface area contributed by atoms with Gasteiger partial charge in [-0.25, -0.2) is 27.6 Å². The van der Waals surface area contributed by atoms with E-state index in [2.05, 4.69) is 9.97 Å². The molecule has 0 amide bonds. The lowest BCUT2D eigenvalue weighted by atomic mass is 10.1. The van der Waals surface area contributed by atoms with Crippen molar-refractivity contribution < 1.29 is 27.1 Å². The average Bonchev–Trinajstić information content (AvgIpc) is 2.56. The Bertz CT molecular complexity index is 962. The van der Waals surface area contributed by atoms with E-state index in [9.17, 15) is 22.4 Å². The van der Waals surface area contributed by atoms with Crippen LogP contribution in [0.1, 0.15) is 34.7 Å². The molecule has 1 aromatic carbocycles. The molecule has 0 bridgehead atoms. The van der Waals surface area contributed by atoms with E-state index >= 15 is 0 Å². The van der Waals surface area contributed by atoms with Crippen LogP contribution in [-0.2, 0) is 9.84 Å². The van der Waals surface area contributed by atoms with Gasteiger partial charge in [-0.2, -0.15) is 0 Å². The molecular formula is C15H12ClFN2O5S. The molecule has 0 spiro atoms. The predicted molar refractivity (Wildman–Crippen MR) is 86.1 cm³/mol. The third kappa shape index (κ3) is 4.18. The molecule has 0 saturated heterocycles. The first-order valence-electron chi connectivity index (χ1n) is 6.93. The molecule has 0 saturated carbocycles. The van der Waals surface area contributed by atoms with Crippen LogP contribution in [0.25, 0.3) is 0 Å². The minimum atomic E-state index is -3.76. The van der Waals surface area contributed by atoms with Gasteiger partial charge in [0, 0.05) is 0 Å². The Balaban J connectivity index is 2.43. The summed E-state index contributed by atoms with van der Waals surface area (Å²) in [5.41, 5.74) is -0.637. The molecule has 132 valence electrons. The maximum atomic E-state index is 13.3. The van der Waals surface area contributed by atoms with E-state index in [4.69, 9.17) is 16.3 Å². The van der Waals surface area contributed by atoms with E-state index in [0.29, 0.717) is 0 Å². The third-order valence-electron chi connectivity index (χ3n) is 3.10. The van der Waals surface area contributed by atoms with E-state index < -0.39 is 38.3 Å². The van der Waals surface area contributed by atoms with Gasteiger partial charge >= 0.3 is 5.97 Å². The van der Waals surface area contributed by atoms with Gasteiger partial charge in [-0.3, -0.25) is 4.79 Å². The molecule has 0 fully saturated rings. The molecule has 25 heavy (non-hydrogen) atoms. The van der Waals surface area contributed by atoms with Crippen LogP contribution < -0.4 is 4.74 Å². The van der Waals surface area contributed by atoms with Gasteiger partial charge in [0.1, 0.15) is 11.6 Å². The number of ketones is 1.